The lowest BCUT2D eigenvalue weighted by Crippen LogP contribution is -2.37. The molecule has 0 unspecified atom stereocenters. The van der Waals surface area contributed by atoms with E-state index < -0.39 is 0 Å². The number of benzene rings is 1. The number of carbonyl (C=O) groups is 1. The van der Waals surface area contributed by atoms with Crippen LogP contribution in [-0.2, 0) is 24.2 Å². The summed E-state index contributed by atoms with van der Waals surface area (Å²) in [5, 5.41) is 0. The molecule has 6 nitrogen and oxygen atoms in total. The van der Waals surface area contributed by atoms with E-state index in [1.54, 1.807) is 7.11 Å². The first kappa shape index (κ1) is 17.9. The van der Waals surface area contributed by atoms with Gasteiger partial charge in [0.25, 0.3) is 0 Å². The quantitative estimate of drug-likeness (QED) is 0.829. The Morgan fingerprint density at radius 3 is 3.00 bits per heavy atom. The molecule has 0 saturated carbocycles. The van der Waals surface area contributed by atoms with Crippen LogP contribution in [0.2, 0.25) is 0 Å². The molecule has 1 amide bonds. The van der Waals surface area contributed by atoms with Crippen molar-refractivity contribution in [1.29, 1.82) is 0 Å². The Kier molecular flexibility index (Phi) is 5.07. The van der Waals surface area contributed by atoms with Gasteiger partial charge in [0.1, 0.15) is 11.6 Å². The number of carbonyl (C=O) groups excluding carboxylic acids is 1. The molecule has 0 bridgehead atoms. The fraction of sp³-hybridized carbons (Fsp3) is 0.476. The smallest absolute Gasteiger partial charge is 0.227 e. The van der Waals surface area contributed by atoms with Crippen LogP contribution in [0.3, 0.4) is 0 Å². The van der Waals surface area contributed by atoms with Crippen molar-refractivity contribution in [3.8, 4) is 5.75 Å². The third-order valence-electron chi connectivity index (χ3n) is 5.55. The molecule has 1 aromatic carbocycles. The summed E-state index contributed by atoms with van der Waals surface area (Å²) >= 11 is 0. The van der Waals surface area contributed by atoms with E-state index in [1.807, 2.05) is 35.4 Å². The van der Waals surface area contributed by atoms with Crippen LogP contribution in [0.15, 0.2) is 30.5 Å². The van der Waals surface area contributed by atoms with Crippen LogP contribution in [-0.4, -0.2) is 59.5 Å². The van der Waals surface area contributed by atoms with Crippen molar-refractivity contribution in [2.24, 2.45) is 0 Å². The lowest BCUT2D eigenvalue weighted by Gasteiger charge is -2.28. The molecule has 2 aromatic rings. The molecule has 2 aliphatic rings. The highest BCUT2D eigenvalue weighted by atomic mass is 16.5. The topological polar surface area (TPSA) is 58.6 Å². The minimum Gasteiger partial charge on any atom is -0.497 e. The second kappa shape index (κ2) is 7.64. The molecule has 1 saturated heterocycles. The average molecular weight is 366 g/mol. The molecule has 2 aliphatic heterocycles. The average Bonchev–Trinajstić information content (AvgIpc) is 3.13. The van der Waals surface area contributed by atoms with Crippen molar-refractivity contribution in [2.45, 2.75) is 31.7 Å². The number of aromatic nitrogens is 2. The van der Waals surface area contributed by atoms with Gasteiger partial charge in [0.15, 0.2) is 0 Å². The van der Waals surface area contributed by atoms with Gasteiger partial charge in [0.05, 0.1) is 19.2 Å². The van der Waals surface area contributed by atoms with Crippen LogP contribution in [0.25, 0.3) is 0 Å². The van der Waals surface area contributed by atoms with Crippen LogP contribution in [0, 0.1) is 0 Å². The SMILES string of the molecule is COc1cccc(CC(=O)N2CCc3nc([C@H]4CCN(C)C4)ncc3C2)c1. The number of likely N-dealkylation sites (N-methyl/N-ethyl adjacent to an activating group) is 1. The number of hydrogen-bond acceptors (Lipinski definition) is 5. The molecular weight excluding hydrogens is 340 g/mol. The number of rotatable bonds is 4. The summed E-state index contributed by atoms with van der Waals surface area (Å²) in [5.74, 6) is 2.32. The number of methoxy groups -OCH3 is 1. The first-order chi connectivity index (χ1) is 13.1. The first-order valence-corrected chi connectivity index (χ1v) is 9.56. The summed E-state index contributed by atoms with van der Waals surface area (Å²) in [7, 11) is 3.78. The lowest BCUT2D eigenvalue weighted by atomic mass is 10.0. The van der Waals surface area contributed by atoms with Gasteiger partial charge in [0.2, 0.25) is 5.91 Å². The van der Waals surface area contributed by atoms with Crippen LogP contribution in [0.1, 0.15) is 35.0 Å². The van der Waals surface area contributed by atoms with Crippen molar-refractivity contribution >= 4 is 5.91 Å². The number of amides is 1. The predicted molar refractivity (Wildman–Crippen MR) is 103 cm³/mol. The highest BCUT2D eigenvalue weighted by Gasteiger charge is 2.27. The molecule has 3 heterocycles. The van der Waals surface area contributed by atoms with E-state index in [0.29, 0.717) is 18.9 Å². The maximum atomic E-state index is 12.7. The van der Waals surface area contributed by atoms with E-state index in [4.69, 9.17) is 9.72 Å². The van der Waals surface area contributed by atoms with Crippen molar-refractivity contribution in [2.75, 3.05) is 33.8 Å². The van der Waals surface area contributed by atoms with Crippen molar-refractivity contribution in [3.05, 3.63) is 53.1 Å². The number of fused-ring (bicyclic) bond motifs is 1. The minimum atomic E-state index is 0.135. The van der Waals surface area contributed by atoms with Gasteiger partial charge in [-0.2, -0.15) is 0 Å². The summed E-state index contributed by atoms with van der Waals surface area (Å²) in [6, 6.07) is 7.70. The maximum absolute atomic E-state index is 12.7. The Bertz CT molecular complexity index is 839. The Labute approximate surface area is 160 Å². The Balaban J connectivity index is 1.42. The molecule has 6 heteroatoms. The summed E-state index contributed by atoms with van der Waals surface area (Å²) in [5.41, 5.74) is 3.16. The second-order valence-corrected chi connectivity index (χ2v) is 7.54. The van der Waals surface area contributed by atoms with E-state index in [1.165, 1.54) is 0 Å². The highest BCUT2D eigenvalue weighted by molar-refractivity contribution is 5.79. The van der Waals surface area contributed by atoms with E-state index in [-0.39, 0.29) is 5.91 Å². The maximum Gasteiger partial charge on any atom is 0.227 e. The number of hydrogen-bond donors (Lipinski definition) is 0. The van der Waals surface area contributed by atoms with Crippen molar-refractivity contribution in [1.82, 2.24) is 19.8 Å². The number of likely N-dealkylation sites (tertiary alicyclic amines) is 1. The van der Waals surface area contributed by atoms with Gasteiger partial charge in [-0.25, -0.2) is 9.97 Å². The second-order valence-electron chi connectivity index (χ2n) is 7.54. The van der Waals surface area contributed by atoms with E-state index in [2.05, 4.69) is 16.9 Å². The molecule has 1 atom stereocenters. The van der Waals surface area contributed by atoms with Gasteiger partial charge in [-0.05, 0) is 37.7 Å². The number of ether oxygens (including phenoxy) is 1. The lowest BCUT2D eigenvalue weighted by molar-refractivity contribution is -0.131. The summed E-state index contributed by atoms with van der Waals surface area (Å²) in [6.45, 7) is 3.46. The molecule has 0 spiro atoms. The van der Waals surface area contributed by atoms with Crippen molar-refractivity contribution < 1.29 is 9.53 Å². The van der Waals surface area contributed by atoms with Gasteiger partial charge < -0.3 is 14.5 Å². The molecule has 4 rings (SSSR count). The molecular formula is C21H26N4O2. The largest absolute Gasteiger partial charge is 0.497 e. The van der Waals surface area contributed by atoms with Gasteiger partial charge in [0, 0.05) is 43.7 Å². The summed E-state index contributed by atoms with van der Waals surface area (Å²) in [4.78, 5) is 26.4. The van der Waals surface area contributed by atoms with E-state index in [9.17, 15) is 4.79 Å². The van der Waals surface area contributed by atoms with Gasteiger partial charge in [-0.3, -0.25) is 4.79 Å². The standard InChI is InChI=1S/C21H26N4O2/c1-24-8-6-16(13-24)21-22-12-17-14-25(9-7-19(17)23-21)20(26)11-15-4-3-5-18(10-15)27-2/h3-5,10,12,16H,6-9,11,13-14H2,1-2H3/t16-/m0/s1. The minimum absolute atomic E-state index is 0.135. The first-order valence-electron chi connectivity index (χ1n) is 9.56. The molecule has 142 valence electrons. The third kappa shape index (κ3) is 3.95. The number of nitrogens with zero attached hydrogens (tertiary/aromatic N) is 4. The highest BCUT2D eigenvalue weighted by Crippen LogP contribution is 2.26. The zero-order chi connectivity index (χ0) is 18.8. The fourth-order valence-corrected chi connectivity index (χ4v) is 3.96. The van der Waals surface area contributed by atoms with Crippen LogP contribution >= 0.6 is 0 Å². The molecule has 0 radical (unpaired) electrons. The van der Waals surface area contributed by atoms with Crippen LogP contribution in [0.4, 0.5) is 0 Å². The Morgan fingerprint density at radius 2 is 2.22 bits per heavy atom. The van der Waals surface area contributed by atoms with Crippen LogP contribution in [0.5, 0.6) is 5.75 Å². The van der Waals surface area contributed by atoms with Gasteiger partial charge in [-0.1, -0.05) is 12.1 Å². The van der Waals surface area contributed by atoms with E-state index >= 15 is 0 Å². The zero-order valence-electron chi connectivity index (χ0n) is 16.0. The van der Waals surface area contributed by atoms with Crippen LogP contribution < -0.4 is 4.74 Å². The summed E-state index contributed by atoms with van der Waals surface area (Å²) in [6.07, 6.45) is 4.25. The third-order valence-corrected chi connectivity index (χ3v) is 5.55. The zero-order valence-corrected chi connectivity index (χ0v) is 16.0. The Hall–Kier alpha value is -2.47. The van der Waals surface area contributed by atoms with E-state index in [0.717, 1.165) is 60.9 Å². The summed E-state index contributed by atoms with van der Waals surface area (Å²) < 4.78 is 5.24. The van der Waals surface area contributed by atoms with Gasteiger partial charge >= 0.3 is 0 Å². The molecule has 0 aliphatic carbocycles. The predicted octanol–water partition coefficient (Wildman–Crippen LogP) is 2.03. The van der Waals surface area contributed by atoms with Crippen molar-refractivity contribution in [3.63, 3.8) is 0 Å². The van der Waals surface area contributed by atoms with Gasteiger partial charge in [-0.15, -0.1) is 0 Å². The fourth-order valence-electron chi connectivity index (χ4n) is 3.96. The monoisotopic (exact) mass is 366 g/mol. The molecule has 1 aromatic heterocycles. The molecule has 1 fully saturated rings. The normalized spacial score (nSPS) is 19.8. The Morgan fingerprint density at radius 1 is 1.33 bits per heavy atom. The molecule has 27 heavy (non-hydrogen) atoms. The molecule has 0 N–H and O–H groups in total.